The molecule has 162 valence electrons. The lowest BCUT2D eigenvalue weighted by atomic mass is 10.2. The molecule has 1 fully saturated rings. The van der Waals surface area contributed by atoms with E-state index in [9.17, 15) is 13.7 Å². The maximum absolute atomic E-state index is 13.3. The topological polar surface area (TPSA) is 107 Å². The van der Waals surface area contributed by atoms with Crippen LogP contribution in [0.25, 0.3) is 16.6 Å². The van der Waals surface area contributed by atoms with Gasteiger partial charge in [0.2, 0.25) is 16.0 Å². The number of nitrogens with zero attached hydrogens (tertiary/aromatic N) is 7. The second kappa shape index (κ2) is 7.85. The lowest BCUT2D eigenvalue weighted by molar-refractivity contribution is 0.433. The Labute approximate surface area is 185 Å². The minimum atomic E-state index is -3.78. The van der Waals surface area contributed by atoms with E-state index in [-0.39, 0.29) is 10.5 Å². The van der Waals surface area contributed by atoms with E-state index in [0.717, 1.165) is 22.4 Å². The number of rotatable bonds is 3. The predicted molar refractivity (Wildman–Crippen MR) is 120 cm³/mol. The monoisotopic (exact) mass is 447 g/mol. The Kier molecular flexibility index (Phi) is 5.00. The van der Waals surface area contributed by atoms with Gasteiger partial charge in [-0.2, -0.15) is 9.57 Å². The first-order chi connectivity index (χ1) is 15.5. The van der Waals surface area contributed by atoms with Crippen molar-refractivity contribution >= 4 is 32.5 Å². The van der Waals surface area contributed by atoms with Crippen LogP contribution in [0.2, 0.25) is 0 Å². The van der Waals surface area contributed by atoms with E-state index in [1.54, 1.807) is 12.1 Å². The van der Waals surface area contributed by atoms with Gasteiger partial charge in [0.25, 0.3) is 0 Å². The molecule has 0 bridgehead atoms. The van der Waals surface area contributed by atoms with Gasteiger partial charge in [0.05, 0.1) is 16.0 Å². The summed E-state index contributed by atoms with van der Waals surface area (Å²) in [6.07, 6.45) is 0.630. The molecule has 1 aliphatic rings. The van der Waals surface area contributed by atoms with E-state index in [2.05, 4.69) is 15.1 Å². The third kappa shape index (κ3) is 3.26. The zero-order valence-electron chi connectivity index (χ0n) is 17.5. The summed E-state index contributed by atoms with van der Waals surface area (Å²) in [5, 5.41) is 18.9. The Morgan fingerprint density at radius 2 is 1.75 bits per heavy atom. The van der Waals surface area contributed by atoms with E-state index in [1.807, 2.05) is 41.7 Å². The molecule has 0 radical (unpaired) electrons. The Morgan fingerprint density at radius 1 is 0.969 bits per heavy atom. The molecule has 0 saturated carbocycles. The van der Waals surface area contributed by atoms with Crippen molar-refractivity contribution in [3.05, 3.63) is 59.9 Å². The van der Waals surface area contributed by atoms with Crippen molar-refractivity contribution in [2.45, 2.75) is 18.2 Å². The highest BCUT2D eigenvalue weighted by molar-refractivity contribution is 7.89. The van der Waals surface area contributed by atoms with Gasteiger partial charge in [-0.3, -0.25) is 0 Å². The molecule has 4 aromatic rings. The van der Waals surface area contributed by atoms with Crippen LogP contribution in [0.5, 0.6) is 0 Å². The van der Waals surface area contributed by atoms with Crippen LogP contribution in [-0.4, -0.2) is 58.5 Å². The second-order valence-electron chi connectivity index (χ2n) is 7.69. The van der Waals surface area contributed by atoms with Gasteiger partial charge in [0, 0.05) is 31.6 Å². The van der Waals surface area contributed by atoms with Gasteiger partial charge >= 0.3 is 0 Å². The molecule has 9 nitrogen and oxygen atoms in total. The summed E-state index contributed by atoms with van der Waals surface area (Å²) >= 11 is 0. The van der Waals surface area contributed by atoms with Gasteiger partial charge in [0.1, 0.15) is 11.9 Å². The largest absolute Gasteiger partial charge is 0.340 e. The summed E-state index contributed by atoms with van der Waals surface area (Å²) in [5.41, 5.74) is 1.71. The molecule has 0 aliphatic carbocycles. The summed E-state index contributed by atoms with van der Waals surface area (Å²) in [6.45, 7) is 3.65. The standard InChI is InChI=1S/C22H21N7O2S/c1-16-25-26-21-18-8-3-4-9-19(18)24-22(29(16)21)27-11-6-12-28(14-13-27)32(30,31)20-10-5-2-7-17(20)15-23/h2-5,7-10H,6,11-14H2,1H3. The van der Waals surface area contributed by atoms with Gasteiger partial charge < -0.3 is 4.90 Å². The van der Waals surface area contributed by atoms with Crippen LogP contribution < -0.4 is 4.90 Å². The molecule has 2 aromatic carbocycles. The molecule has 3 heterocycles. The van der Waals surface area contributed by atoms with Crippen molar-refractivity contribution in [2.24, 2.45) is 0 Å². The fraction of sp³-hybridized carbons (Fsp3) is 0.273. The molecular weight excluding hydrogens is 426 g/mol. The number of para-hydroxylation sites is 1. The number of nitriles is 1. The first-order valence-electron chi connectivity index (χ1n) is 10.4. The van der Waals surface area contributed by atoms with Crippen LogP contribution in [0.4, 0.5) is 5.95 Å². The fourth-order valence-corrected chi connectivity index (χ4v) is 5.78. The first kappa shape index (κ1) is 20.4. The molecule has 0 spiro atoms. The van der Waals surface area contributed by atoms with Crippen LogP contribution in [0.15, 0.2) is 53.4 Å². The Morgan fingerprint density at radius 3 is 2.59 bits per heavy atom. The minimum absolute atomic E-state index is 0.0526. The molecule has 2 aromatic heterocycles. The molecule has 0 unspecified atom stereocenters. The van der Waals surface area contributed by atoms with Crippen molar-refractivity contribution in [2.75, 3.05) is 31.1 Å². The van der Waals surface area contributed by atoms with E-state index < -0.39 is 10.0 Å². The first-order valence-corrected chi connectivity index (χ1v) is 11.8. The number of aromatic nitrogens is 4. The number of anilines is 1. The molecule has 5 rings (SSSR count). The minimum Gasteiger partial charge on any atom is -0.340 e. The van der Waals surface area contributed by atoms with Crippen molar-refractivity contribution in [1.29, 1.82) is 5.26 Å². The van der Waals surface area contributed by atoms with Gasteiger partial charge in [-0.15, -0.1) is 10.2 Å². The number of benzene rings is 2. The van der Waals surface area contributed by atoms with Gasteiger partial charge in [-0.05, 0) is 37.6 Å². The Hall–Kier alpha value is -3.55. The smallest absolute Gasteiger partial charge is 0.244 e. The number of hydrogen-bond acceptors (Lipinski definition) is 7. The van der Waals surface area contributed by atoms with Gasteiger partial charge in [0.15, 0.2) is 5.65 Å². The van der Waals surface area contributed by atoms with E-state index in [0.29, 0.717) is 38.5 Å². The summed E-state index contributed by atoms with van der Waals surface area (Å²) in [7, 11) is -3.78. The average Bonchev–Trinajstić information content (AvgIpc) is 3.04. The number of sulfonamides is 1. The predicted octanol–water partition coefficient (Wildman–Crippen LogP) is 2.36. The molecule has 10 heteroatoms. The highest BCUT2D eigenvalue weighted by atomic mass is 32.2. The zero-order valence-corrected chi connectivity index (χ0v) is 18.3. The molecule has 1 aliphatic heterocycles. The lowest BCUT2D eigenvalue weighted by Gasteiger charge is -2.24. The zero-order chi connectivity index (χ0) is 22.3. The third-order valence-electron chi connectivity index (χ3n) is 5.75. The number of hydrogen-bond donors (Lipinski definition) is 0. The summed E-state index contributed by atoms with van der Waals surface area (Å²) in [4.78, 5) is 7.01. The van der Waals surface area contributed by atoms with Crippen LogP contribution >= 0.6 is 0 Å². The number of fused-ring (bicyclic) bond motifs is 3. The second-order valence-corrected chi connectivity index (χ2v) is 9.59. The van der Waals surface area contributed by atoms with Gasteiger partial charge in [-0.25, -0.2) is 17.8 Å². The molecule has 32 heavy (non-hydrogen) atoms. The maximum Gasteiger partial charge on any atom is 0.244 e. The highest BCUT2D eigenvalue weighted by Gasteiger charge is 2.30. The van der Waals surface area contributed by atoms with Crippen LogP contribution in [0.1, 0.15) is 17.8 Å². The summed E-state index contributed by atoms with van der Waals surface area (Å²) in [5.74, 6) is 1.43. The van der Waals surface area contributed by atoms with Crippen molar-refractivity contribution in [1.82, 2.24) is 23.9 Å². The quantitative estimate of drug-likeness (QED) is 0.474. The molecule has 0 N–H and O–H groups in total. The molecule has 0 amide bonds. The normalized spacial score (nSPS) is 15.7. The molecule has 1 saturated heterocycles. The van der Waals surface area contributed by atoms with Crippen molar-refractivity contribution < 1.29 is 8.42 Å². The summed E-state index contributed by atoms with van der Waals surface area (Å²) < 4.78 is 29.9. The molecule has 0 atom stereocenters. The SMILES string of the molecule is Cc1nnc2c3ccccc3nc(N3CCCN(S(=O)(=O)c4ccccc4C#N)CC3)n12. The van der Waals surface area contributed by atoms with Crippen LogP contribution in [0, 0.1) is 18.3 Å². The maximum atomic E-state index is 13.3. The van der Waals surface area contributed by atoms with Crippen LogP contribution in [0.3, 0.4) is 0 Å². The van der Waals surface area contributed by atoms with Crippen molar-refractivity contribution in [3.8, 4) is 6.07 Å². The Bertz CT molecular complexity index is 1470. The van der Waals surface area contributed by atoms with E-state index in [1.165, 1.54) is 16.4 Å². The highest BCUT2D eigenvalue weighted by Crippen LogP contribution is 2.26. The van der Waals surface area contributed by atoms with Crippen molar-refractivity contribution in [3.63, 3.8) is 0 Å². The van der Waals surface area contributed by atoms with E-state index >= 15 is 0 Å². The van der Waals surface area contributed by atoms with E-state index in [4.69, 9.17) is 4.98 Å². The fourth-order valence-electron chi connectivity index (χ4n) is 4.16. The average molecular weight is 448 g/mol. The van der Waals surface area contributed by atoms with Crippen LogP contribution in [-0.2, 0) is 10.0 Å². The lowest BCUT2D eigenvalue weighted by Crippen LogP contribution is -2.36. The summed E-state index contributed by atoms with van der Waals surface area (Å²) in [6, 6.07) is 16.1. The number of aryl methyl sites for hydroxylation is 1. The third-order valence-corrected chi connectivity index (χ3v) is 7.71. The Balaban J connectivity index is 1.51. The molecular formula is C22H21N7O2S. The van der Waals surface area contributed by atoms with Gasteiger partial charge in [-0.1, -0.05) is 24.3 Å².